The molecule has 98 valence electrons. The summed E-state index contributed by atoms with van der Waals surface area (Å²) >= 11 is 1.52. The lowest BCUT2D eigenvalue weighted by molar-refractivity contribution is 0.0929. The second-order valence-electron chi connectivity index (χ2n) is 4.61. The molecule has 19 heavy (non-hydrogen) atoms. The average Bonchev–Trinajstić information content (AvgIpc) is 2.86. The standard InChI is InChI=1S/C15H15NO2S/c1-10-6-7-14(19-10)15(17)16-12-8-9-18-13-5-3-2-4-11(12)13/h2-7,12H,8-9H2,1H3,(H,16,17). The molecule has 0 bridgehead atoms. The van der Waals surface area contributed by atoms with Gasteiger partial charge in [-0.3, -0.25) is 4.79 Å². The van der Waals surface area contributed by atoms with E-state index in [2.05, 4.69) is 5.32 Å². The van der Waals surface area contributed by atoms with Crippen LogP contribution in [0.15, 0.2) is 36.4 Å². The van der Waals surface area contributed by atoms with Gasteiger partial charge in [0.05, 0.1) is 17.5 Å². The molecule has 1 aromatic heterocycles. The molecule has 1 atom stereocenters. The molecule has 0 spiro atoms. The van der Waals surface area contributed by atoms with Gasteiger partial charge in [0.15, 0.2) is 0 Å². The summed E-state index contributed by atoms with van der Waals surface area (Å²) in [6.07, 6.45) is 0.813. The molecule has 1 aliphatic rings. The number of hydrogen-bond donors (Lipinski definition) is 1. The van der Waals surface area contributed by atoms with Gasteiger partial charge in [-0.2, -0.15) is 0 Å². The SMILES string of the molecule is Cc1ccc(C(=O)NC2CCOc3ccccc32)s1. The Morgan fingerprint density at radius 2 is 2.16 bits per heavy atom. The Labute approximate surface area is 116 Å². The first-order chi connectivity index (χ1) is 9.24. The van der Waals surface area contributed by atoms with Gasteiger partial charge in [0, 0.05) is 16.9 Å². The normalized spacial score (nSPS) is 17.4. The molecule has 0 saturated heterocycles. The first kappa shape index (κ1) is 12.2. The smallest absolute Gasteiger partial charge is 0.261 e. The van der Waals surface area contributed by atoms with Crippen LogP contribution in [0.1, 0.15) is 32.6 Å². The Morgan fingerprint density at radius 1 is 1.32 bits per heavy atom. The van der Waals surface area contributed by atoms with Crippen molar-refractivity contribution in [3.63, 3.8) is 0 Å². The first-order valence-corrected chi connectivity index (χ1v) is 7.15. The summed E-state index contributed by atoms with van der Waals surface area (Å²) in [6, 6.07) is 11.8. The number of carbonyl (C=O) groups is 1. The molecule has 1 aliphatic heterocycles. The third-order valence-corrected chi connectivity index (χ3v) is 4.23. The minimum absolute atomic E-state index is 0.000182. The summed E-state index contributed by atoms with van der Waals surface area (Å²) in [6.45, 7) is 2.65. The highest BCUT2D eigenvalue weighted by atomic mass is 32.1. The molecule has 0 radical (unpaired) electrons. The van der Waals surface area contributed by atoms with E-state index >= 15 is 0 Å². The molecule has 1 N–H and O–H groups in total. The lowest BCUT2D eigenvalue weighted by atomic mass is 10.0. The fourth-order valence-corrected chi connectivity index (χ4v) is 3.05. The van der Waals surface area contributed by atoms with Crippen molar-refractivity contribution in [2.75, 3.05) is 6.61 Å². The lowest BCUT2D eigenvalue weighted by Crippen LogP contribution is -2.31. The number of carbonyl (C=O) groups excluding carboxylic acids is 1. The van der Waals surface area contributed by atoms with Crippen LogP contribution in [0.3, 0.4) is 0 Å². The zero-order valence-electron chi connectivity index (χ0n) is 10.7. The number of thiophene rings is 1. The predicted octanol–water partition coefficient (Wildman–Crippen LogP) is 3.31. The maximum Gasteiger partial charge on any atom is 0.261 e. The number of fused-ring (bicyclic) bond motifs is 1. The maximum atomic E-state index is 12.2. The number of hydrogen-bond acceptors (Lipinski definition) is 3. The van der Waals surface area contributed by atoms with Crippen LogP contribution in [0.5, 0.6) is 5.75 Å². The minimum Gasteiger partial charge on any atom is -0.493 e. The van der Waals surface area contributed by atoms with Crippen molar-refractivity contribution in [2.24, 2.45) is 0 Å². The van der Waals surface area contributed by atoms with Crippen LogP contribution in [0.2, 0.25) is 0 Å². The second-order valence-corrected chi connectivity index (χ2v) is 5.90. The van der Waals surface area contributed by atoms with Gasteiger partial charge in [0.25, 0.3) is 5.91 Å². The summed E-state index contributed by atoms with van der Waals surface area (Å²) in [5.41, 5.74) is 1.07. The summed E-state index contributed by atoms with van der Waals surface area (Å²) in [4.78, 5) is 14.1. The summed E-state index contributed by atoms with van der Waals surface area (Å²) < 4.78 is 5.60. The van der Waals surface area contributed by atoms with E-state index in [0.29, 0.717) is 6.61 Å². The molecular weight excluding hydrogens is 258 g/mol. The van der Waals surface area contributed by atoms with Crippen LogP contribution in [-0.2, 0) is 0 Å². The fraction of sp³-hybridized carbons (Fsp3) is 0.267. The Hall–Kier alpha value is -1.81. The van der Waals surface area contributed by atoms with E-state index < -0.39 is 0 Å². The average molecular weight is 273 g/mol. The topological polar surface area (TPSA) is 38.3 Å². The number of amides is 1. The molecule has 0 aliphatic carbocycles. The van der Waals surface area contributed by atoms with Crippen molar-refractivity contribution in [2.45, 2.75) is 19.4 Å². The molecule has 1 aromatic carbocycles. The van der Waals surface area contributed by atoms with E-state index in [-0.39, 0.29) is 11.9 Å². The van der Waals surface area contributed by atoms with E-state index in [9.17, 15) is 4.79 Å². The number of aryl methyl sites for hydroxylation is 1. The first-order valence-electron chi connectivity index (χ1n) is 6.33. The summed E-state index contributed by atoms with van der Waals surface area (Å²) in [5, 5.41) is 3.10. The number of para-hydroxylation sites is 1. The van der Waals surface area contributed by atoms with Crippen LogP contribution in [0.4, 0.5) is 0 Å². The number of nitrogens with one attached hydrogen (secondary N) is 1. The number of rotatable bonds is 2. The van der Waals surface area contributed by atoms with E-state index in [0.717, 1.165) is 27.5 Å². The van der Waals surface area contributed by atoms with Gasteiger partial charge >= 0.3 is 0 Å². The third kappa shape index (κ3) is 2.49. The Kier molecular flexibility index (Phi) is 3.25. The highest BCUT2D eigenvalue weighted by Gasteiger charge is 2.23. The zero-order valence-corrected chi connectivity index (χ0v) is 11.5. The Bertz CT molecular complexity index is 606. The van der Waals surface area contributed by atoms with Crippen molar-refractivity contribution >= 4 is 17.2 Å². The van der Waals surface area contributed by atoms with Crippen LogP contribution in [0, 0.1) is 6.92 Å². The maximum absolute atomic E-state index is 12.2. The zero-order chi connectivity index (χ0) is 13.2. The van der Waals surface area contributed by atoms with Gasteiger partial charge in [-0.15, -0.1) is 11.3 Å². The lowest BCUT2D eigenvalue weighted by Gasteiger charge is -2.26. The van der Waals surface area contributed by atoms with Crippen LogP contribution in [-0.4, -0.2) is 12.5 Å². The monoisotopic (exact) mass is 273 g/mol. The highest BCUT2D eigenvalue weighted by molar-refractivity contribution is 7.13. The molecule has 0 saturated carbocycles. The van der Waals surface area contributed by atoms with Gasteiger partial charge < -0.3 is 10.1 Å². The third-order valence-electron chi connectivity index (χ3n) is 3.23. The molecule has 4 heteroatoms. The van der Waals surface area contributed by atoms with E-state index in [1.54, 1.807) is 0 Å². The second kappa shape index (κ2) is 5.05. The van der Waals surface area contributed by atoms with Crippen LogP contribution >= 0.6 is 11.3 Å². The van der Waals surface area contributed by atoms with Crippen molar-refractivity contribution in [1.29, 1.82) is 0 Å². The highest BCUT2D eigenvalue weighted by Crippen LogP contribution is 2.31. The van der Waals surface area contributed by atoms with Crippen LogP contribution < -0.4 is 10.1 Å². The van der Waals surface area contributed by atoms with Crippen molar-refractivity contribution in [3.05, 3.63) is 51.7 Å². The van der Waals surface area contributed by atoms with Gasteiger partial charge in [-0.25, -0.2) is 0 Å². The summed E-state index contributed by atoms with van der Waals surface area (Å²) in [7, 11) is 0. The number of ether oxygens (including phenoxy) is 1. The van der Waals surface area contributed by atoms with Gasteiger partial charge in [-0.1, -0.05) is 18.2 Å². The predicted molar refractivity (Wildman–Crippen MR) is 75.8 cm³/mol. The molecule has 2 aromatic rings. The quantitative estimate of drug-likeness (QED) is 0.911. The molecule has 3 rings (SSSR count). The van der Waals surface area contributed by atoms with Crippen molar-refractivity contribution < 1.29 is 9.53 Å². The van der Waals surface area contributed by atoms with E-state index in [1.807, 2.05) is 43.3 Å². The summed E-state index contributed by atoms with van der Waals surface area (Å²) in [5.74, 6) is 0.876. The van der Waals surface area contributed by atoms with Gasteiger partial charge in [0.1, 0.15) is 5.75 Å². The molecule has 1 amide bonds. The van der Waals surface area contributed by atoms with Gasteiger partial charge in [-0.05, 0) is 25.1 Å². The molecule has 0 fully saturated rings. The molecule has 3 nitrogen and oxygen atoms in total. The Balaban J connectivity index is 1.79. The number of benzene rings is 1. The molecule has 1 unspecified atom stereocenters. The van der Waals surface area contributed by atoms with Crippen LogP contribution in [0.25, 0.3) is 0 Å². The van der Waals surface area contributed by atoms with E-state index in [4.69, 9.17) is 4.74 Å². The molecular formula is C15H15NO2S. The van der Waals surface area contributed by atoms with Crippen molar-refractivity contribution in [3.8, 4) is 5.75 Å². The minimum atomic E-state index is -0.000182. The van der Waals surface area contributed by atoms with Gasteiger partial charge in [0.2, 0.25) is 0 Å². The van der Waals surface area contributed by atoms with E-state index in [1.165, 1.54) is 11.3 Å². The largest absolute Gasteiger partial charge is 0.493 e. The van der Waals surface area contributed by atoms with Crippen molar-refractivity contribution in [1.82, 2.24) is 5.32 Å². The molecule has 2 heterocycles. The fourth-order valence-electron chi connectivity index (χ4n) is 2.28. The Morgan fingerprint density at radius 3 is 2.95 bits per heavy atom.